The standard InChI is InChI=1S/C23H26N2O6S2/c1-29-21-11-10-20(15-22(21)30-2)33(27,28)25(18-7-4-3-5-8-18)16-23(26)24-12-14-32-17-19-9-6-13-31-19/h3-11,13,15H,12,14,16-17H2,1-2H3,(H,24,26). The van der Waals surface area contributed by atoms with Crippen LogP contribution in [-0.4, -0.2) is 47.4 Å². The maximum Gasteiger partial charge on any atom is 0.264 e. The Hall–Kier alpha value is -3.11. The quantitative estimate of drug-likeness (QED) is 0.388. The van der Waals surface area contributed by atoms with E-state index in [0.29, 0.717) is 29.5 Å². The van der Waals surface area contributed by atoms with E-state index < -0.39 is 15.9 Å². The lowest BCUT2D eigenvalue weighted by Gasteiger charge is -2.24. The van der Waals surface area contributed by atoms with E-state index in [1.54, 1.807) is 48.4 Å². The van der Waals surface area contributed by atoms with Gasteiger partial charge in [-0.05, 0) is 36.4 Å². The second-order valence-corrected chi connectivity index (χ2v) is 9.81. The predicted molar refractivity (Wildman–Crippen MR) is 128 cm³/mol. The van der Waals surface area contributed by atoms with Crippen LogP contribution in [0.1, 0.15) is 5.76 Å². The summed E-state index contributed by atoms with van der Waals surface area (Å²) in [6, 6.07) is 16.5. The molecule has 3 aromatic rings. The highest BCUT2D eigenvalue weighted by Crippen LogP contribution is 2.32. The van der Waals surface area contributed by atoms with Crippen molar-refractivity contribution in [2.24, 2.45) is 0 Å². The molecule has 176 valence electrons. The van der Waals surface area contributed by atoms with Crippen molar-refractivity contribution >= 4 is 33.4 Å². The van der Waals surface area contributed by atoms with Crippen LogP contribution in [0, 0.1) is 0 Å². The fraction of sp³-hybridized carbons (Fsp3) is 0.261. The fourth-order valence-electron chi connectivity index (χ4n) is 3.03. The maximum absolute atomic E-state index is 13.5. The van der Waals surface area contributed by atoms with Crippen LogP contribution in [0.3, 0.4) is 0 Å². The lowest BCUT2D eigenvalue weighted by molar-refractivity contribution is -0.119. The molecule has 0 spiro atoms. The third-order valence-corrected chi connectivity index (χ3v) is 7.42. The molecule has 0 radical (unpaired) electrons. The van der Waals surface area contributed by atoms with Gasteiger partial charge in [0.15, 0.2) is 11.5 Å². The van der Waals surface area contributed by atoms with E-state index in [-0.39, 0.29) is 17.2 Å². The molecule has 0 atom stereocenters. The number of thioether (sulfide) groups is 1. The zero-order valence-corrected chi connectivity index (χ0v) is 20.0. The normalized spacial score (nSPS) is 11.1. The molecule has 0 unspecified atom stereocenters. The number of anilines is 1. The highest BCUT2D eigenvalue weighted by Gasteiger charge is 2.28. The molecule has 0 bridgehead atoms. The number of ether oxygens (including phenoxy) is 2. The number of furan rings is 1. The first-order valence-corrected chi connectivity index (χ1v) is 12.7. The van der Waals surface area contributed by atoms with Crippen molar-refractivity contribution in [3.05, 3.63) is 72.7 Å². The van der Waals surface area contributed by atoms with Gasteiger partial charge in [0.1, 0.15) is 12.3 Å². The Labute approximate surface area is 197 Å². The van der Waals surface area contributed by atoms with Crippen molar-refractivity contribution in [3.8, 4) is 11.5 Å². The zero-order valence-electron chi connectivity index (χ0n) is 18.4. The molecular weight excluding hydrogens is 464 g/mol. The highest BCUT2D eigenvalue weighted by atomic mass is 32.2. The molecule has 0 aliphatic carbocycles. The van der Waals surface area contributed by atoms with E-state index in [0.717, 1.165) is 10.1 Å². The molecule has 10 heteroatoms. The average molecular weight is 491 g/mol. The Balaban J connectivity index is 1.71. The van der Waals surface area contributed by atoms with E-state index in [9.17, 15) is 13.2 Å². The molecule has 1 N–H and O–H groups in total. The second-order valence-electron chi connectivity index (χ2n) is 6.85. The van der Waals surface area contributed by atoms with E-state index in [2.05, 4.69) is 5.32 Å². The summed E-state index contributed by atoms with van der Waals surface area (Å²) >= 11 is 1.61. The van der Waals surface area contributed by atoms with Gasteiger partial charge in [-0.2, -0.15) is 11.8 Å². The van der Waals surface area contributed by atoms with Crippen LogP contribution in [0.25, 0.3) is 0 Å². The van der Waals surface area contributed by atoms with E-state index in [4.69, 9.17) is 13.9 Å². The van der Waals surface area contributed by atoms with Crippen LogP contribution in [-0.2, 0) is 20.6 Å². The summed E-state index contributed by atoms with van der Waals surface area (Å²) in [5.41, 5.74) is 0.384. The van der Waals surface area contributed by atoms with Crippen molar-refractivity contribution in [2.75, 3.05) is 37.4 Å². The van der Waals surface area contributed by atoms with E-state index >= 15 is 0 Å². The summed E-state index contributed by atoms with van der Waals surface area (Å²) in [6.07, 6.45) is 1.62. The smallest absolute Gasteiger partial charge is 0.264 e. The molecule has 0 saturated heterocycles. The van der Waals surface area contributed by atoms with Crippen LogP contribution >= 0.6 is 11.8 Å². The maximum atomic E-state index is 13.5. The number of benzene rings is 2. The van der Waals surface area contributed by atoms with Gasteiger partial charge in [0.2, 0.25) is 5.91 Å². The number of nitrogens with one attached hydrogen (secondary N) is 1. The SMILES string of the molecule is COc1ccc(S(=O)(=O)N(CC(=O)NCCSCc2ccco2)c2ccccc2)cc1OC. The molecule has 1 amide bonds. The van der Waals surface area contributed by atoms with Crippen LogP contribution in [0.5, 0.6) is 11.5 Å². The molecular formula is C23H26N2O6S2. The fourth-order valence-corrected chi connectivity index (χ4v) is 5.22. The minimum Gasteiger partial charge on any atom is -0.493 e. The number of rotatable bonds is 12. The number of amides is 1. The van der Waals surface area contributed by atoms with Gasteiger partial charge < -0.3 is 19.2 Å². The minimum absolute atomic E-state index is 0.00851. The van der Waals surface area contributed by atoms with E-state index in [1.165, 1.54) is 32.4 Å². The van der Waals surface area contributed by atoms with Crippen LogP contribution in [0.15, 0.2) is 76.2 Å². The van der Waals surface area contributed by atoms with E-state index in [1.807, 2.05) is 12.1 Å². The van der Waals surface area contributed by atoms with Gasteiger partial charge in [-0.1, -0.05) is 18.2 Å². The predicted octanol–water partition coefficient (Wildman–Crippen LogP) is 3.54. The van der Waals surface area contributed by atoms with Crippen LogP contribution < -0.4 is 19.1 Å². The van der Waals surface area contributed by atoms with Crippen LogP contribution in [0.4, 0.5) is 5.69 Å². The first-order valence-electron chi connectivity index (χ1n) is 10.1. The molecule has 0 fully saturated rings. The number of nitrogens with zero attached hydrogens (tertiary/aromatic N) is 1. The Morgan fingerprint density at radius 1 is 1.03 bits per heavy atom. The molecule has 8 nitrogen and oxygen atoms in total. The largest absolute Gasteiger partial charge is 0.493 e. The lowest BCUT2D eigenvalue weighted by atomic mass is 10.3. The molecule has 3 rings (SSSR count). The highest BCUT2D eigenvalue weighted by molar-refractivity contribution is 7.98. The van der Waals surface area contributed by atoms with Crippen LogP contribution in [0.2, 0.25) is 0 Å². The van der Waals surface area contributed by atoms with Gasteiger partial charge in [0, 0.05) is 18.4 Å². The Morgan fingerprint density at radius 2 is 1.79 bits per heavy atom. The topological polar surface area (TPSA) is 98.1 Å². The molecule has 0 saturated carbocycles. The number of sulfonamides is 1. The molecule has 0 aliphatic rings. The molecule has 0 aliphatic heterocycles. The van der Waals surface area contributed by atoms with Gasteiger partial charge in [-0.3, -0.25) is 9.10 Å². The third-order valence-electron chi connectivity index (χ3n) is 4.67. The van der Waals surface area contributed by atoms with Crippen molar-refractivity contribution in [1.29, 1.82) is 0 Å². The Kier molecular flexibility index (Phi) is 8.67. The molecule has 1 aromatic heterocycles. The summed E-state index contributed by atoms with van der Waals surface area (Å²) in [7, 11) is -1.15. The molecule has 33 heavy (non-hydrogen) atoms. The second kappa shape index (κ2) is 11.7. The number of methoxy groups -OCH3 is 2. The molecule has 2 aromatic carbocycles. The summed E-state index contributed by atoms with van der Waals surface area (Å²) in [4.78, 5) is 12.6. The summed E-state index contributed by atoms with van der Waals surface area (Å²) < 4.78 is 43.8. The molecule has 1 heterocycles. The first kappa shape index (κ1) is 24.5. The van der Waals surface area contributed by atoms with Gasteiger partial charge in [0.25, 0.3) is 10.0 Å². The number of hydrogen-bond acceptors (Lipinski definition) is 7. The third kappa shape index (κ3) is 6.45. The lowest BCUT2D eigenvalue weighted by Crippen LogP contribution is -2.41. The van der Waals surface area contributed by atoms with Gasteiger partial charge >= 0.3 is 0 Å². The number of carbonyl (C=O) groups is 1. The number of carbonyl (C=O) groups excluding carboxylic acids is 1. The first-order chi connectivity index (χ1) is 16.0. The van der Waals surface area contributed by atoms with Gasteiger partial charge in [0.05, 0.1) is 36.8 Å². The van der Waals surface area contributed by atoms with Gasteiger partial charge in [-0.15, -0.1) is 0 Å². The van der Waals surface area contributed by atoms with Gasteiger partial charge in [-0.25, -0.2) is 8.42 Å². The summed E-state index contributed by atoms with van der Waals surface area (Å²) in [5.74, 6) is 2.52. The van der Waals surface area contributed by atoms with Crippen molar-refractivity contribution in [2.45, 2.75) is 10.6 Å². The number of para-hydroxylation sites is 1. The van der Waals surface area contributed by atoms with Crippen molar-refractivity contribution in [1.82, 2.24) is 5.32 Å². The summed E-state index contributed by atoms with van der Waals surface area (Å²) in [5, 5.41) is 2.79. The Morgan fingerprint density at radius 3 is 2.45 bits per heavy atom. The zero-order chi connectivity index (χ0) is 23.7. The monoisotopic (exact) mass is 490 g/mol. The Bertz CT molecular complexity index is 1140. The summed E-state index contributed by atoms with van der Waals surface area (Å²) in [6.45, 7) is 0.0484. The average Bonchev–Trinajstić information content (AvgIpc) is 3.36. The number of hydrogen-bond donors (Lipinski definition) is 1. The minimum atomic E-state index is -4.05. The van der Waals surface area contributed by atoms with Crippen molar-refractivity contribution < 1.29 is 27.1 Å². The van der Waals surface area contributed by atoms with Crippen molar-refractivity contribution in [3.63, 3.8) is 0 Å².